The molecule has 1 saturated carbocycles. The Morgan fingerprint density at radius 1 is 1.00 bits per heavy atom. The van der Waals surface area contributed by atoms with Crippen molar-refractivity contribution in [3.05, 3.63) is 0 Å². The number of halogens is 6. The van der Waals surface area contributed by atoms with Crippen molar-refractivity contribution in [3.8, 4) is 0 Å². The zero-order chi connectivity index (χ0) is 22.3. The summed E-state index contributed by atoms with van der Waals surface area (Å²) in [6.07, 6.45) is -17.4. The van der Waals surface area contributed by atoms with Crippen LogP contribution in [0, 0.1) is 17.8 Å². The number of hydrogen-bond donors (Lipinski definition) is 1. The van der Waals surface area contributed by atoms with Crippen LogP contribution < -0.4 is 0 Å². The van der Waals surface area contributed by atoms with E-state index in [0.29, 0.717) is 19.3 Å². The molecule has 2 bridgehead atoms. The highest BCUT2D eigenvalue weighted by molar-refractivity contribution is 5.13. The van der Waals surface area contributed by atoms with E-state index in [0.717, 1.165) is 6.92 Å². The topological polar surface area (TPSA) is 66.4 Å². The van der Waals surface area contributed by atoms with E-state index >= 15 is 0 Å². The Morgan fingerprint density at radius 3 is 2.23 bits per heavy atom. The summed E-state index contributed by atoms with van der Waals surface area (Å²) in [6.45, 7) is 4.63. The van der Waals surface area contributed by atoms with Crippen LogP contribution in [0.15, 0.2) is 0 Å². The summed E-state index contributed by atoms with van der Waals surface area (Å²) in [7, 11) is 0. The lowest BCUT2D eigenvalue weighted by molar-refractivity contribution is -0.587. The fourth-order valence-corrected chi connectivity index (χ4v) is 5.52. The van der Waals surface area contributed by atoms with Gasteiger partial charge >= 0.3 is 12.4 Å². The lowest BCUT2D eigenvalue weighted by atomic mass is 9.57. The summed E-state index contributed by atoms with van der Waals surface area (Å²) in [4.78, 5) is 11.2. The second kappa shape index (κ2) is 6.67. The Labute approximate surface area is 168 Å². The van der Waals surface area contributed by atoms with Crippen LogP contribution in [0.2, 0.25) is 0 Å². The van der Waals surface area contributed by atoms with Gasteiger partial charge in [-0.3, -0.25) is 0 Å². The number of fused-ring (bicyclic) bond motifs is 2. The molecule has 4 aliphatic heterocycles. The smallest absolute Gasteiger partial charge is 0.384 e. The van der Waals surface area contributed by atoms with Crippen molar-refractivity contribution in [1.82, 2.24) is 0 Å². The molecular weight excluding hydrogens is 426 g/mol. The van der Waals surface area contributed by atoms with Gasteiger partial charge in [0.25, 0.3) is 6.10 Å². The minimum Gasteiger partial charge on any atom is -0.384 e. The maximum atomic E-state index is 13.1. The fraction of sp³-hybridized carbons (Fsp3) is 1.00. The standard InChI is InChI=1S/C18H24F6O6/c1-8-4-5-10-15(3,25)12(26-11(17(19,20)21)18(22,23)24)27-13-16(10)9(8)6-7-14(2,28-13)29-30-16/h8-13,25H,4-7H2,1-3H3/t8-,9+,10+,12+,13-,14-,15-,16-/m1/s1. The zero-order valence-electron chi connectivity index (χ0n) is 16.5. The van der Waals surface area contributed by atoms with Crippen LogP contribution in [0.4, 0.5) is 26.3 Å². The third-order valence-corrected chi connectivity index (χ3v) is 7.00. The molecule has 0 radical (unpaired) electrons. The molecule has 0 aromatic carbocycles. The van der Waals surface area contributed by atoms with Gasteiger partial charge in [-0.15, -0.1) is 0 Å². The SMILES string of the molecule is C[C@@H]1CC[C@H]2[C@@](C)(O)[C@@H](OC(C(F)(F)F)C(F)(F)F)O[C@@H]3O[C@@]4(C)CC[C@@H]1[C@]32OO4. The lowest BCUT2D eigenvalue weighted by Gasteiger charge is -2.62. The van der Waals surface area contributed by atoms with E-state index in [2.05, 4.69) is 4.74 Å². The normalized spacial score (nSPS) is 49.1. The van der Waals surface area contributed by atoms with Gasteiger partial charge in [0, 0.05) is 12.3 Å². The first kappa shape index (κ1) is 22.5. The van der Waals surface area contributed by atoms with Crippen molar-refractivity contribution in [2.24, 2.45) is 17.8 Å². The van der Waals surface area contributed by atoms with Crippen LogP contribution in [0.25, 0.3) is 0 Å². The van der Waals surface area contributed by atoms with Gasteiger partial charge in [-0.05, 0) is 44.9 Å². The Bertz CT molecular complexity index is 669. The molecule has 6 nitrogen and oxygen atoms in total. The molecule has 12 heteroatoms. The highest BCUT2D eigenvalue weighted by Crippen LogP contribution is 2.61. The predicted octanol–water partition coefficient (Wildman–Crippen LogP) is 3.82. The van der Waals surface area contributed by atoms with E-state index in [-0.39, 0.29) is 18.3 Å². The van der Waals surface area contributed by atoms with Crippen LogP contribution in [0.5, 0.6) is 0 Å². The second-order valence-corrected chi connectivity index (χ2v) is 9.15. The summed E-state index contributed by atoms with van der Waals surface area (Å²) in [5.74, 6) is -2.36. The molecular formula is C18H24F6O6. The summed E-state index contributed by atoms with van der Waals surface area (Å²) >= 11 is 0. The second-order valence-electron chi connectivity index (χ2n) is 9.15. The summed E-state index contributed by atoms with van der Waals surface area (Å²) in [5.41, 5.74) is -3.60. The third-order valence-electron chi connectivity index (χ3n) is 7.00. The van der Waals surface area contributed by atoms with Crippen LogP contribution in [-0.2, 0) is 24.0 Å². The molecule has 30 heavy (non-hydrogen) atoms. The maximum Gasteiger partial charge on any atom is 0.423 e. The molecule has 8 atom stereocenters. The van der Waals surface area contributed by atoms with Gasteiger partial charge in [0.2, 0.25) is 5.79 Å². The van der Waals surface area contributed by atoms with E-state index in [1.807, 2.05) is 6.92 Å². The minimum absolute atomic E-state index is 0.0892. The first-order chi connectivity index (χ1) is 13.6. The van der Waals surface area contributed by atoms with Gasteiger partial charge < -0.3 is 19.3 Å². The quantitative estimate of drug-likeness (QED) is 0.510. The van der Waals surface area contributed by atoms with Crippen molar-refractivity contribution in [2.45, 2.75) is 94.5 Å². The van der Waals surface area contributed by atoms with Gasteiger partial charge in [0.1, 0.15) is 5.60 Å². The minimum atomic E-state index is -5.74. The molecule has 4 heterocycles. The largest absolute Gasteiger partial charge is 0.423 e. The van der Waals surface area contributed by atoms with Crippen LogP contribution in [-0.4, -0.2) is 53.1 Å². The lowest BCUT2D eigenvalue weighted by Crippen LogP contribution is -2.76. The van der Waals surface area contributed by atoms with Crippen molar-refractivity contribution in [1.29, 1.82) is 0 Å². The number of alkyl halides is 6. The first-order valence-electron chi connectivity index (χ1n) is 9.82. The van der Waals surface area contributed by atoms with Crippen LogP contribution in [0.1, 0.15) is 46.5 Å². The van der Waals surface area contributed by atoms with Gasteiger partial charge in [0.05, 0.1) is 0 Å². The Hall–Kier alpha value is -0.660. The molecule has 1 spiro atoms. The molecule has 0 aromatic heterocycles. The molecule has 5 aliphatic rings. The van der Waals surface area contributed by atoms with Gasteiger partial charge in [0.15, 0.2) is 18.2 Å². The number of ether oxygens (including phenoxy) is 3. The van der Waals surface area contributed by atoms with E-state index in [9.17, 15) is 31.4 Å². The molecule has 1 N–H and O–H groups in total. The summed E-state index contributed by atoms with van der Waals surface area (Å²) < 4.78 is 94.2. The molecule has 174 valence electrons. The Kier molecular flexibility index (Phi) is 5.01. The van der Waals surface area contributed by atoms with Crippen molar-refractivity contribution in [3.63, 3.8) is 0 Å². The number of hydrogen-bond acceptors (Lipinski definition) is 6. The predicted molar refractivity (Wildman–Crippen MR) is 85.3 cm³/mol. The highest BCUT2D eigenvalue weighted by Gasteiger charge is 2.74. The van der Waals surface area contributed by atoms with Crippen LogP contribution >= 0.6 is 0 Å². The highest BCUT2D eigenvalue weighted by atomic mass is 19.4. The first-order valence-corrected chi connectivity index (χ1v) is 9.82. The average Bonchev–Trinajstić information content (AvgIpc) is 2.80. The Morgan fingerprint density at radius 2 is 1.63 bits per heavy atom. The maximum absolute atomic E-state index is 13.1. The third kappa shape index (κ3) is 3.25. The molecule has 0 aromatic rings. The summed E-state index contributed by atoms with van der Waals surface area (Å²) in [6, 6.07) is 0. The molecule has 1 aliphatic carbocycles. The molecule has 4 saturated heterocycles. The number of rotatable bonds is 2. The molecule has 0 amide bonds. The van der Waals surface area contributed by atoms with E-state index < -0.39 is 53.9 Å². The average molecular weight is 450 g/mol. The van der Waals surface area contributed by atoms with Crippen LogP contribution in [0.3, 0.4) is 0 Å². The van der Waals surface area contributed by atoms with Gasteiger partial charge in [-0.25, -0.2) is 9.78 Å². The van der Waals surface area contributed by atoms with Crippen molar-refractivity contribution < 1.29 is 55.4 Å². The molecule has 0 unspecified atom stereocenters. The zero-order valence-corrected chi connectivity index (χ0v) is 16.5. The van der Waals surface area contributed by atoms with Crippen molar-refractivity contribution in [2.75, 3.05) is 0 Å². The van der Waals surface area contributed by atoms with Gasteiger partial charge in [-0.2, -0.15) is 26.3 Å². The van der Waals surface area contributed by atoms with Gasteiger partial charge in [-0.1, -0.05) is 6.92 Å². The van der Waals surface area contributed by atoms with Crippen molar-refractivity contribution >= 4 is 0 Å². The molecule has 5 fully saturated rings. The molecule has 5 rings (SSSR count). The van der Waals surface area contributed by atoms with E-state index in [4.69, 9.17) is 19.2 Å². The van der Waals surface area contributed by atoms with E-state index in [1.54, 1.807) is 6.92 Å². The number of aliphatic hydroxyl groups is 1. The summed E-state index contributed by atoms with van der Waals surface area (Å²) in [5, 5.41) is 11.1. The Balaban J connectivity index is 1.73. The van der Waals surface area contributed by atoms with E-state index in [1.165, 1.54) is 0 Å². The monoisotopic (exact) mass is 450 g/mol. The fourth-order valence-electron chi connectivity index (χ4n) is 5.52.